The summed E-state index contributed by atoms with van der Waals surface area (Å²) in [6.07, 6.45) is 1.47. The molecule has 34 heavy (non-hydrogen) atoms. The molecule has 2 heterocycles. The van der Waals surface area contributed by atoms with Crippen molar-refractivity contribution in [3.05, 3.63) is 119 Å². The van der Waals surface area contributed by atoms with Gasteiger partial charge in [-0.2, -0.15) is 10.1 Å². The van der Waals surface area contributed by atoms with Crippen molar-refractivity contribution in [1.82, 2.24) is 14.8 Å². The Bertz CT molecular complexity index is 1320. The fraction of sp³-hybridized carbons (Fsp3) is 0.148. The summed E-state index contributed by atoms with van der Waals surface area (Å²) in [6.45, 7) is 2.49. The first-order chi connectivity index (χ1) is 16.7. The predicted octanol–water partition coefficient (Wildman–Crippen LogP) is 4.89. The number of fused-ring (bicyclic) bond motifs is 1. The van der Waals surface area contributed by atoms with Gasteiger partial charge >= 0.3 is 5.97 Å². The Labute approximate surface area is 197 Å². The minimum absolute atomic E-state index is 0.188. The van der Waals surface area contributed by atoms with Crippen LogP contribution in [0.3, 0.4) is 0 Å². The summed E-state index contributed by atoms with van der Waals surface area (Å²) < 4.78 is 13.4. The third-order valence-electron chi connectivity index (χ3n) is 5.65. The number of ether oxygens (including phenoxy) is 2. The van der Waals surface area contributed by atoms with Gasteiger partial charge in [0.15, 0.2) is 0 Å². The normalized spacial score (nSPS) is 14.8. The predicted molar refractivity (Wildman–Crippen MR) is 128 cm³/mol. The van der Waals surface area contributed by atoms with Crippen LogP contribution in [0.15, 0.2) is 103 Å². The highest BCUT2D eigenvalue weighted by Crippen LogP contribution is 2.36. The average molecular weight is 453 g/mol. The summed E-state index contributed by atoms with van der Waals surface area (Å²) in [6, 6.07) is 26.8. The molecule has 3 aromatic carbocycles. The van der Waals surface area contributed by atoms with Gasteiger partial charge in [-0.15, -0.1) is 0 Å². The van der Waals surface area contributed by atoms with Crippen molar-refractivity contribution in [2.24, 2.45) is 0 Å². The first-order valence-electron chi connectivity index (χ1n) is 11.0. The lowest BCUT2D eigenvalue weighted by Gasteiger charge is -2.28. The van der Waals surface area contributed by atoms with E-state index in [-0.39, 0.29) is 6.61 Å². The molecule has 1 aliphatic rings. The lowest BCUT2D eigenvalue weighted by Crippen LogP contribution is -2.29. The SMILES string of the molecule is CC1=C(C(=O)OCc2ccccc2)C(c2cccc(OCc3ccccc3)c2)n2ncnc2N1. The molecule has 0 amide bonds. The Morgan fingerprint density at radius 2 is 1.65 bits per heavy atom. The molecule has 0 saturated carbocycles. The van der Waals surface area contributed by atoms with Gasteiger partial charge in [-0.05, 0) is 35.7 Å². The topological polar surface area (TPSA) is 78.3 Å². The van der Waals surface area contributed by atoms with Crippen LogP contribution >= 0.6 is 0 Å². The molecule has 0 bridgehead atoms. The van der Waals surface area contributed by atoms with E-state index in [4.69, 9.17) is 9.47 Å². The molecular weight excluding hydrogens is 428 g/mol. The van der Waals surface area contributed by atoms with Gasteiger partial charge in [-0.3, -0.25) is 0 Å². The summed E-state index contributed by atoms with van der Waals surface area (Å²) >= 11 is 0. The second kappa shape index (κ2) is 9.62. The number of carbonyl (C=O) groups excluding carboxylic acids is 1. The van der Waals surface area contributed by atoms with Crippen molar-refractivity contribution in [2.75, 3.05) is 5.32 Å². The number of anilines is 1. The molecule has 5 rings (SSSR count). The molecule has 7 heteroatoms. The van der Waals surface area contributed by atoms with Crippen LogP contribution in [0.2, 0.25) is 0 Å². The van der Waals surface area contributed by atoms with Gasteiger partial charge in [0.25, 0.3) is 0 Å². The molecule has 0 spiro atoms. The number of allylic oxidation sites excluding steroid dienone is 1. The molecule has 0 saturated heterocycles. The molecular formula is C27H24N4O3. The number of nitrogens with zero attached hydrogens (tertiary/aromatic N) is 3. The second-order valence-electron chi connectivity index (χ2n) is 8.00. The number of carbonyl (C=O) groups is 1. The van der Waals surface area contributed by atoms with Crippen molar-refractivity contribution in [2.45, 2.75) is 26.2 Å². The Morgan fingerprint density at radius 3 is 2.38 bits per heavy atom. The number of hydrogen-bond donors (Lipinski definition) is 1. The molecule has 0 radical (unpaired) electrons. The molecule has 7 nitrogen and oxygen atoms in total. The first kappa shape index (κ1) is 21.5. The largest absolute Gasteiger partial charge is 0.489 e. The number of benzene rings is 3. The molecule has 1 aromatic heterocycles. The molecule has 170 valence electrons. The van der Waals surface area contributed by atoms with Crippen LogP contribution in [-0.2, 0) is 22.7 Å². The molecule has 4 aromatic rings. The lowest BCUT2D eigenvalue weighted by atomic mass is 9.95. The fourth-order valence-corrected chi connectivity index (χ4v) is 3.98. The lowest BCUT2D eigenvalue weighted by molar-refractivity contribution is -0.140. The Morgan fingerprint density at radius 1 is 0.941 bits per heavy atom. The summed E-state index contributed by atoms with van der Waals surface area (Å²) in [5, 5.41) is 7.55. The van der Waals surface area contributed by atoms with E-state index in [2.05, 4.69) is 15.4 Å². The maximum Gasteiger partial charge on any atom is 0.338 e. The number of nitrogens with one attached hydrogen (secondary N) is 1. The van der Waals surface area contributed by atoms with Crippen LogP contribution in [0.4, 0.5) is 5.95 Å². The third kappa shape index (κ3) is 4.54. The third-order valence-corrected chi connectivity index (χ3v) is 5.65. The van der Waals surface area contributed by atoms with Gasteiger partial charge in [0, 0.05) is 5.70 Å². The Hall–Kier alpha value is -4.39. The summed E-state index contributed by atoms with van der Waals surface area (Å²) in [5.74, 6) is 0.865. The minimum Gasteiger partial charge on any atom is -0.489 e. The van der Waals surface area contributed by atoms with Gasteiger partial charge in [0.1, 0.15) is 31.3 Å². The van der Waals surface area contributed by atoms with Crippen molar-refractivity contribution >= 4 is 11.9 Å². The van der Waals surface area contributed by atoms with E-state index in [0.29, 0.717) is 29.6 Å². The summed E-state index contributed by atoms with van der Waals surface area (Å²) in [4.78, 5) is 17.6. The van der Waals surface area contributed by atoms with Crippen molar-refractivity contribution in [1.29, 1.82) is 0 Å². The highest BCUT2D eigenvalue weighted by atomic mass is 16.5. The van der Waals surface area contributed by atoms with Crippen LogP contribution in [0, 0.1) is 0 Å². The van der Waals surface area contributed by atoms with E-state index >= 15 is 0 Å². The summed E-state index contributed by atoms with van der Waals surface area (Å²) in [5.41, 5.74) is 4.01. The minimum atomic E-state index is -0.498. The van der Waals surface area contributed by atoms with Crippen molar-refractivity contribution < 1.29 is 14.3 Å². The van der Waals surface area contributed by atoms with Crippen molar-refractivity contribution in [3.63, 3.8) is 0 Å². The van der Waals surface area contributed by atoms with Gasteiger partial charge in [-0.1, -0.05) is 72.8 Å². The van der Waals surface area contributed by atoms with E-state index in [9.17, 15) is 4.79 Å². The maximum absolute atomic E-state index is 13.3. The number of rotatable bonds is 7. The van der Waals surface area contributed by atoms with Gasteiger partial charge in [0.2, 0.25) is 5.95 Å². The highest BCUT2D eigenvalue weighted by molar-refractivity contribution is 5.92. The molecule has 0 aliphatic carbocycles. The standard InChI is InChI=1S/C27H24N4O3/c1-19-24(26(32)34-17-21-11-6-3-7-12-21)25(31-27(30-19)28-18-29-31)22-13-8-14-23(15-22)33-16-20-9-4-2-5-10-20/h2-15,18,25H,16-17H2,1H3,(H,28,29,30). The van der Waals surface area contributed by atoms with Crippen molar-refractivity contribution in [3.8, 4) is 5.75 Å². The monoisotopic (exact) mass is 452 g/mol. The fourth-order valence-electron chi connectivity index (χ4n) is 3.98. The van der Waals surface area contributed by atoms with Crippen LogP contribution in [0.1, 0.15) is 29.7 Å². The highest BCUT2D eigenvalue weighted by Gasteiger charge is 2.34. The van der Waals surface area contributed by atoms with E-state index < -0.39 is 12.0 Å². The first-order valence-corrected chi connectivity index (χ1v) is 11.0. The van der Waals surface area contributed by atoms with E-state index in [1.54, 1.807) is 4.68 Å². The van der Waals surface area contributed by atoms with Gasteiger partial charge in [-0.25, -0.2) is 9.48 Å². The van der Waals surface area contributed by atoms with E-state index in [0.717, 1.165) is 16.7 Å². The number of aromatic nitrogens is 3. The van der Waals surface area contributed by atoms with Gasteiger partial charge < -0.3 is 14.8 Å². The average Bonchev–Trinajstić information content (AvgIpc) is 3.34. The number of esters is 1. The molecule has 1 unspecified atom stereocenters. The molecule has 1 atom stereocenters. The van der Waals surface area contributed by atoms with Gasteiger partial charge in [0.05, 0.1) is 5.57 Å². The van der Waals surface area contributed by atoms with E-state index in [1.165, 1.54) is 6.33 Å². The zero-order valence-corrected chi connectivity index (χ0v) is 18.7. The van der Waals surface area contributed by atoms with E-state index in [1.807, 2.05) is 91.9 Å². The molecule has 1 aliphatic heterocycles. The van der Waals surface area contributed by atoms with Crippen LogP contribution in [0.25, 0.3) is 0 Å². The van der Waals surface area contributed by atoms with Crippen LogP contribution in [0.5, 0.6) is 5.75 Å². The summed E-state index contributed by atoms with van der Waals surface area (Å²) in [7, 11) is 0. The maximum atomic E-state index is 13.3. The zero-order chi connectivity index (χ0) is 23.3. The molecule has 0 fully saturated rings. The van der Waals surface area contributed by atoms with Crippen LogP contribution < -0.4 is 10.1 Å². The zero-order valence-electron chi connectivity index (χ0n) is 18.7. The quantitative estimate of drug-likeness (QED) is 0.402. The van der Waals surface area contributed by atoms with Crippen LogP contribution in [-0.4, -0.2) is 20.7 Å². The molecule has 1 N–H and O–H groups in total. The second-order valence-corrected chi connectivity index (χ2v) is 8.00. The number of hydrogen-bond acceptors (Lipinski definition) is 6. The Balaban J connectivity index is 1.42. The Kier molecular flexibility index (Phi) is 6.07. The smallest absolute Gasteiger partial charge is 0.338 e.